The lowest BCUT2D eigenvalue weighted by atomic mass is 9.72. The molecule has 0 heterocycles. The number of fused-ring (bicyclic) bond motifs is 2. The molecule has 0 radical (unpaired) electrons. The van der Waals surface area contributed by atoms with E-state index in [4.69, 9.17) is 0 Å². The fraction of sp³-hybridized carbons (Fsp3) is 0.750. The van der Waals surface area contributed by atoms with Crippen LogP contribution in [0, 0.1) is 22.7 Å². The van der Waals surface area contributed by atoms with Gasteiger partial charge in [0, 0.05) is 0 Å². The summed E-state index contributed by atoms with van der Waals surface area (Å²) in [5.74, 6) is 2.30. The Morgan fingerprint density at radius 2 is 1.48 bits per heavy atom. The van der Waals surface area contributed by atoms with Crippen molar-refractivity contribution in [3.05, 3.63) is 60.3 Å². The van der Waals surface area contributed by atoms with Crippen molar-refractivity contribution < 1.29 is 0 Å². The van der Waals surface area contributed by atoms with Crippen LogP contribution in [-0.4, -0.2) is 0 Å². The second-order valence-electron chi connectivity index (χ2n) is 13.2. The normalized spacial score (nSPS) is 21.5. The number of hydrogen-bond acceptors (Lipinski definition) is 0. The zero-order chi connectivity index (χ0) is 31.0. The quantitative estimate of drug-likeness (QED) is 0.274. The van der Waals surface area contributed by atoms with Crippen LogP contribution < -0.4 is 0 Å². The summed E-state index contributed by atoms with van der Waals surface area (Å²) >= 11 is 0. The summed E-state index contributed by atoms with van der Waals surface area (Å²) in [6, 6.07) is 0. The summed E-state index contributed by atoms with van der Waals surface area (Å²) in [5, 5.41) is 0. The molecule has 0 aromatic carbocycles. The van der Waals surface area contributed by atoms with Gasteiger partial charge in [-0.2, -0.15) is 0 Å². The number of rotatable bonds is 7. The van der Waals surface area contributed by atoms with Crippen molar-refractivity contribution in [3.8, 4) is 0 Å². The van der Waals surface area contributed by atoms with E-state index in [1.54, 1.807) is 37.7 Å². The summed E-state index contributed by atoms with van der Waals surface area (Å²) < 4.78 is 0. The molecule has 0 N–H and O–H groups in total. The van der Waals surface area contributed by atoms with Gasteiger partial charge in [-0.15, -0.1) is 6.58 Å². The van der Waals surface area contributed by atoms with Crippen LogP contribution in [0.1, 0.15) is 172 Å². The lowest BCUT2D eigenvalue weighted by Crippen LogP contribution is -2.20. The maximum absolute atomic E-state index is 3.96. The van der Waals surface area contributed by atoms with Crippen LogP contribution >= 0.6 is 0 Å². The summed E-state index contributed by atoms with van der Waals surface area (Å²) in [4.78, 5) is 0. The molecule has 0 heteroatoms. The summed E-state index contributed by atoms with van der Waals surface area (Å²) in [7, 11) is 0. The molecule has 0 aromatic rings. The van der Waals surface area contributed by atoms with Crippen molar-refractivity contribution >= 4 is 0 Å². The molecule has 234 valence electrons. The molecular formula is C40H74. The molecule has 0 spiro atoms. The van der Waals surface area contributed by atoms with E-state index in [1.165, 1.54) is 62.5 Å². The topological polar surface area (TPSA) is 0 Å². The van der Waals surface area contributed by atoms with E-state index in [0.717, 1.165) is 30.1 Å². The highest BCUT2D eigenvalue weighted by atomic mass is 14.4. The molecule has 4 aliphatic rings. The average molecular weight is 555 g/mol. The fourth-order valence-corrected chi connectivity index (χ4v) is 5.82. The highest BCUT2D eigenvalue weighted by molar-refractivity contribution is 5.44. The van der Waals surface area contributed by atoms with Crippen molar-refractivity contribution in [1.29, 1.82) is 0 Å². The third kappa shape index (κ3) is 20.6. The molecular weight excluding hydrogens is 480 g/mol. The first kappa shape index (κ1) is 40.8. The molecule has 2 bridgehead atoms. The zero-order valence-corrected chi connectivity index (χ0v) is 29.6. The first-order valence-corrected chi connectivity index (χ1v) is 17.4. The molecule has 0 unspecified atom stereocenters. The SMILES string of the molecule is C/C=C/CCC1(CC)CC1.C1CC2CCCC(C1)C2.C=C(C)C1=CCC(CC(C)(C)C)=C1.C=CCC.CC.CC. The zero-order valence-electron chi connectivity index (χ0n) is 29.6. The molecule has 0 amide bonds. The monoisotopic (exact) mass is 555 g/mol. The van der Waals surface area contributed by atoms with Gasteiger partial charge in [0.15, 0.2) is 0 Å². The fourth-order valence-electron chi connectivity index (χ4n) is 5.82. The second kappa shape index (κ2) is 24.3. The van der Waals surface area contributed by atoms with Crippen LogP contribution in [0.2, 0.25) is 0 Å². The lowest BCUT2D eigenvalue weighted by molar-refractivity contribution is 0.190. The van der Waals surface area contributed by atoms with E-state index < -0.39 is 0 Å². The van der Waals surface area contributed by atoms with Crippen molar-refractivity contribution in [2.24, 2.45) is 22.7 Å². The molecule has 3 fully saturated rings. The Bertz CT molecular complexity index is 696. The van der Waals surface area contributed by atoms with Crippen LogP contribution in [0.3, 0.4) is 0 Å². The molecule has 4 rings (SSSR count). The third-order valence-corrected chi connectivity index (χ3v) is 8.38. The molecule has 4 aliphatic carbocycles. The van der Waals surface area contributed by atoms with Crippen LogP contribution in [0.4, 0.5) is 0 Å². The van der Waals surface area contributed by atoms with E-state index in [2.05, 4.69) is 85.9 Å². The van der Waals surface area contributed by atoms with Gasteiger partial charge in [0.2, 0.25) is 0 Å². The van der Waals surface area contributed by atoms with Gasteiger partial charge in [-0.05, 0) is 93.5 Å². The molecule has 3 saturated carbocycles. The van der Waals surface area contributed by atoms with Crippen molar-refractivity contribution in [1.82, 2.24) is 0 Å². The Balaban J connectivity index is 0. The van der Waals surface area contributed by atoms with Crippen LogP contribution in [0.5, 0.6) is 0 Å². The number of hydrogen-bond donors (Lipinski definition) is 0. The first-order valence-electron chi connectivity index (χ1n) is 17.4. The van der Waals surface area contributed by atoms with Gasteiger partial charge >= 0.3 is 0 Å². The molecule has 0 aromatic heterocycles. The molecule has 0 atom stereocenters. The van der Waals surface area contributed by atoms with Gasteiger partial charge in [0.1, 0.15) is 0 Å². The predicted molar refractivity (Wildman–Crippen MR) is 188 cm³/mol. The highest BCUT2D eigenvalue weighted by Crippen LogP contribution is 2.52. The average Bonchev–Trinajstić information content (AvgIpc) is 3.59. The Morgan fingerprint density at radius 1 is 0.975 bits per heavy atom. The summed E-state index contributed by atoms with van der Waals surface area (Å²) in [6.45, 7) is 30.8. The Kier molecular flexibility index (Phi) is 24.8. The van der Waals surface area contributed by atoms with Gasteiger partial charge in [-0.25, -0.2) is 0 Å². The van der Waals surface area contributed by atoms with Crippen molar-refractivity contribution in [2.75, 3.05) is 0 Å². The highest BCUT2D eigenvalue weighted by Gasteiger charge is 2.39. The predicted octanol–water partition coefficient (Wildman–Crippen LogP) is 14.4. The largest absolute Gasteiger partial charge is 0.103 e. The van der Waals surface area contributed by atoms with Gasteiger partial charge < -0.3 is 0 Å². The van der Waals surface area contributed by atoms with E-state index in [1.807, 2.05) is 33.8 Å². The standard InChI is InChI=1S/C13H20.C10H18.C9H16.C4H8.2C2H6/c1-10(2)12-7-6-11(8-12)9-13(3,4)5;1-3-5-6-7-10(4-2)8-9-10;1-3-8-5-2-6-9(4-1)7-8;1-3-4-2;2*1-2/h7-8H,1,6,9H2,2-5H3;3,5H,4,6-9H2,1-2H3;8-9H,1-7H2;3H,1,4H2,2H3;2*1-2H3/b;5-3+;;;;. The van der Waals surface area contributed by atoms with Crippen LogP contribution in [0.15, 0.2) is 60.3 Å². The number of allylic oxidation sites excluding steroid dienone is 8. The molecule has 40 heavy (non-hydrogen) atoms. The van der Waals surface area contributed by atoms with E-state index in [9.17, 15) is 0 Å². The molecule has 0 aliphatic heterocycles. The molecule has 0 saturated heterocycles. The van der Waals surface area contributed by atoms with Crippen molar-refractivity contribution in [3.63, 3.8) is 0 Å². The van der Waals surface area contributed by atoms with Crippen LogP contribution in [0.25, 0.3) is 0 Å². The minimum atomic E-state index is 0.407. The maximum atomic E-state index is 3.96. The second-order valence-corrected chi connectivity index (χ2v) is 13.2. The Hall–Kier alpha value is -1.30. The minimum absolute atomic E-state index is 0.407. The van der Waals surface area contributed by atoms with Gasteiger partial charge in [-0.3, -0.25) is 0 Å². The summed E-state index contributed by atoms with van der Waals surface area (Å²) in [6.07, 6.45) is 32.3. The van der Waals surface area contributed by atoms with E-state index in [-0.39, 0.29) is 0 Å². The molecule has 0 nitrogen and oxygen atoms in total. The third-order valence-electron chi connectivity index (χ3n) is 8.38. The van der Waals surface area contributed by atoms with Crippen LogP contribution in [-0.2, 0) is 0 Å². The van der Waals surface area contributed by atoms with Gasteiger partial charge in [0.05, 0.1) is 0 Å². The minimum Gasteiger partial charge on any atom is -0.103 e. The van der Waals surface area contributed by atoms with Crippen molar-refractivity contribution in [2.45, 2.75) is 172 Å². The van der Waals surface area contributed by atoms with Gasteiger partial charge in [0.25, 0.3) is 0 Å². The Labute approximate surface area is 255 Å². The smallest absolute Gasteiger partial charge is 0.0126 e. The summed E-state index contributed by atoms with van der Waals surface area (Å²) in [5.41, 5.74) is 5.26. The Morgan fingerprint density at radius 3 is 1.77 bits per heavy atom. The van der Waals surface area contributed by atoms with Gasteiger partial charge in [-0.1, -0.05) is 155 Å². The maximum Gasteiger partial charge on any atom is -0.0126 e. The first-order chi connectivity index (χ1) is 19.1. The van der Waals surface area contributed by atoms with E-state index in [0.29, 0.717) is 5.41 Å². The lowest BCUT2D eigenvalue weighted by Gasteiger charge is -2.33. The van der Waals surface area contributed by atoms with E-state index >= 15 is 0 Å².